The van der Waals surface area contributed by atoms with Crippen LogP contribution in [0.25, 0.3) is 23.0 Å². The minimum absolute atomic E-state index is 0.180. The molecule has 0 radical (unpaired) electrons. The Morgan fingerprint density at radius 1 is 1.06 bits per heavy atom. The molecule has 14 heteroatoms. The number of pyridine rings is 2. The summed E-state index contributed by atoms with van der Waals surface area (Å²) in [5.41, 5.74) is 1.25. The molecule has 3 aromatic rings. The lowest BCUT2D eigenvalue weighted by Crippen LogP contribution is -2.35. The second-order valence-corrected chi connectivity index (χ2v) is 6.12. The van der Waals surface area contributed by atoms with Crippen molar-refractivity contribution in [2.45, 2.75) is 18.6 Å². The standard InChI is InChI=1S/C18H17FN8O5/c19-16(31)15(30)13(28)8-22-32-9-14(29)23-10-4-5-12(21-7-10)18-26-24-17(25-27-18)11-3-1-2-6-20-11/h1-8,13,15-16,28,30-31H,9H2,(H,23,29)/b22-8+/i19-1. The number of aliphatic hydroxyl groups excluding tert-OH is 3. The summed E-state index contributed by atoms with van der Waals surface area (Å²) in [5.74, 6) is -0.153. The number of amides is 1. The minimum atomic E-state index is -2.65. The summed E-state index contributed by atoms with van der Waals surface area (Å²) in [4.78, 5) is 24.7. The van der Waals surface area contributed by atoms with E-state index in [2.05, 4.69) is 45.7 Å². The average Bonchev–Trinajstić information content (AvgIpc) is 2.82. The number of alkyl halides is 1. The van der Waals surface area contributed by atoms with Crippen molar-refractivity contribution in [3.05, 3.63) is 42.7 Å². The molecule has 0 aliphatic heterocycles. The molecule has 0 bridgehead atoms. The van der Waals surface area contributed by atoms with Crippen LogP contribution in [0.15, 0.2) is 47.9 Å². The molecule has 166 valence electrons. The summed E-state index contributed by atoms with van der Waals surface area (Å²) < 4.78 is 12.4. The number of carbonyl (C=O) groups is 1. The van der Waals surface area contributed by atoms with Crippen molar-refractivity contribution in [3.8, 4) is 23.0 Å². The first-order valence-electron chi connectivity index (χ1n) is 9.03. The zero-order chi connectivity index (χ0) is 22.9. The molecule has 32 heavy (non-hydrogen) atoms. The van der Waals surface area contributed by atoms with Gasteiger partial charge < -0.3 is 25.5 Å². The molecule has 0 aromatic carbocycles. The van der Waals surface area contributed by atoms with Crippen molar-refractivity contribution in [1.29, 1.82) is 0 Å². The molecular formula is C18H17FN8O5. The number of nitrogens with zero attached hydrogens (tertiary/aromatic N) is 7. The van der Waals surface area contributed by atoms with Crippen LogP contribution in [0, 0.1) is 0 Å². The largest absolute Gasteiger partial charge is 0.386 e. The third-order valence-electron chi connectivity index (χ3n) is 3.76. The molecule has 3 unspecified atom stereocenters. The molecule has 13 nitrogen and oxygen atoms in total. The number of nitrogens with one attached hydrogen (secondary N) is 1. The van der Waals surface area contributed by atoms with Crippen molar-refractivity contribution in [2.75, 3.05) is 11.9 Å². The van der Waals surface area contributed by atoms with Gasteiger partial charge in [-0.1, -0.05) is 11.2 Å². The predicted octanol–water partition coefficient (Wildman–Crippen LogP) is -0.659. The van der Waals surface area contributed by atoms with E-state index in [-0.39, 0.29) is 11.6 Å². The van der Waals surface area contributed by atoms with Crippen LogP contribution in [0.3, 0.4) is 0 Å². The molecule has 3 heterocycles. The highest BCUT2D eigenvalue weighted by molar-refractivity contribution is 5.91. The highest BCUT2D eigenvalue weighted by atomic mass is 18.2. The summed E-state index contributed by atoms with van der Waals surface area (Å²) >= 11 is 0. The van der Waals surface area contributed by atoms with E-state index in [0.717, 1.165) is 0 Å². The average molecular weight is 443 g/mol. The molecule has 3 rings (SSSR count). The van der Waals surface area contributed by atoms with E-state index in [9.17, 15) is 14.3 Å². The van der Waals surface area contributed by atoms with Gasteiger partial charge in [-0.15, -0.1) is 20.4 Å². The zero-order valence-electron chi connectivity index (χ0n) is 16.2. The van der Waals surface area contributed by atoms with Crippen LogP contribution in [-0.2, 0) is 9.63 Å². The maximum atomic E-state index is 12.4. The van der Waals surface area contributed by atoms with Gasteiger partial charge in [-0.05, 0) is 24.3 Å². The maximum Gasteiger partial charge on any atom is 0.265 e. The van der Waals surface area contributed by atoms with E-state index >= 15 is 0 Å². The number of hydrogen-bond acceptors (Lipinski definition) is 12. The summed E-state index contributed by atoms with van der Waals surface area (Å²) in [6.45, 7) is -0.537. The topological polar surface area (TPSA) is 189 Å². The molecule has 0 spiro atoms. The van der Waals surface area contributed by atoms with Crippen molar-refractivity contribution in [1.82, 2.24) is 30.4 Å². The third-order valence-corrected chi connectivity index (χ3v) is 3.76. The fourth-order valence-electron chi connectivity index (χ4n) is 2.18. The quantitative estimate of drug-likeness (QED) is 0.243. The van der Waals surface area contributed by atoms with Gasteiger partial charge in [0.15, 0.2) is 6.61 Å². The van der Waals surface area contributed by atoms with Crippen LogP contribution in [0.4, 0.5) is 10.1 Å². The van der Waals surface area contributed by atoms with Gasteiger partial charge in [0.2, 0.25) is 18.0 Å². The zero-order valence-corrected chi connectivity index (χ0v) is 16.2. The first-order valence-corrected chi connectivity index (χ1v) is 9.03. The van der Waals surface area contributed by atoms with Gasteiger partial charge >= 0.3 is 0 Å². The van der Waals surface area contributed by atoms with Gasteiger partial charge in [0.1, 0.15) is 23.6 Å². The smallest absolute Gasteiger partial charge is 0.265 e. The number of oxime groups is 1. The van der Waals surface area contributed by atoms with E-state index in [0.29, 0.717) is 23.3 Å². The molecule has 0 saturated heterocycles. The molecule has 4 N–H and O–H groups in total. The molecule has 0 saturated carbocycles. The number of anilines is 1. The van der Waals surface area contributed by atoms with Crippen molar-refractivity contribution >= 4 is 17.8 Å². The van der Waals surface area contributed by atoms with Crippen LogP contribution in [0.1, 0.15) is 0 Å². The maximum absolute atomic E-state index is 12.4. The van der Waals surface area contributed by atoms with E-state index in [1.807, 2.05) is 0 Å². The first-order chi connectivity index (χ1) is 15.4. The molecule has 3 aromatic heterocycles. The Hall–Kier alpha value is -4.01. The van der Waals surface area contributed by atoms with Gasteiger partial charge in [-0.2, -0.15) is 0 Å². The van der Waals surface area contributed by atoms with Crippen LogP contribution < -0.4 is 5.32 Å². The Morgan fingerprint density at radius 3 is 2.31 bits per heavy atom. The van der Waals surface area contributed by atoms with Gasteiger partial charge in [0.25, 0.3) is 5.91 Å². The van der Waals surface area contributed by atoms with E-state index in [1.165, 1.54) is 6.20 Å². The van der Waals surface area contributed by atoms with E-state index in [4.69, 9.17) is 10.2 Å². The fourth-order valence-corrected chi connectivity index (χ4v) is 2.18. The van der Waals surface area contributed by atoms with Crippen molar-refractivity contribution in [3.63, 3.8) is 0 Å². The molecule has 1 amide bonds. The van der Waals surface area contributed by atoms with Crippen LogP contribution >= 0.6 is 0 Å². The predicted molar refractivity (Wildman–Crippen MR) is 106 cm³/mol. The van der Waals surface area contributed by atoms with Gasteiger partial charge in [-0.25, -0.2) is 4.39 Å². The Balaban J connectivity index is 1.51. The molecular weight excluding hydrogens is 426 g/mol. The molecule has 3 atom stereocenters. The fraction of sp³-hybridized carbons (Fsp3) is 0.222. The number of aromatic nitrogens is 6. The van der Waals surface area contributed by atoms with Gasteiger partial charge in [-0.3, -0.25) is 14.8 Å². The van der Waals surface area contributed by atoms with E-state index in [1.54, 1.807) is 36.5 Å². The lowest BCUT2D eigenvalue weighted by Gasteiger charge is -2.13. The molecule has 0 aliphatic carbocycles. The Morgan fingerprint density at radius 2 is 1.75 bits per heavy atom. The Labute approximate surface area is 179 Å². The van der Waals surface area contributed by atoms with Gasteiger partial charge in [0, 0.05) is 6.20 Å². The third kappa shape index (κ3) is 6.24. The monoisotopic (exact) mass is 443 g/mol. The summed E-state index contributed by atoms with van der Waals surface area (Å²) in [7, 11) is 0. The second-order valence-electron chi connectivity index (χ2n) is 6.12. The number of carbonyl (C=O) groups excluding carboxylic acids is 1. The Kier molecular flexibility index (Phi) is 7.69. The van der Waals surface area contributed by atoms with Gasteiger partial charge in [0.05, 0.1) is 18.1 Å². The number of halogens is 1. The SMILES string of the molecule is O=C(CO/N=C/C(O)C(O)C(O)[18F])Nc1ccc(-c2nnc(-c3ccccn3)nn2)nc1. The second kappa shape index (κ2) is 10.9. The normalized spacial score (nSPS) is 14.0. The lowest BCUT2D eigenvalue weighted by molar-refractivity contribution is -0.120. The highest BCUT2D eigenvalue weighted by Crippen LogP contribution is 2.15. The highest BCUT2D eigenvalue weighted by Gasteiger charge is 2.22. The molecule has 0 aliphatic rings. The van der Waals surface area contributed by atoms with Crippen LogP contribution in [-0.4, -0.2) is 83.0 Å². The number of rotatable bonds is 9. The molecule has 0 fully saturated rings. The lowest BCUT2D eigenvalue weighted by atomic mass is 10.2. The first kappa shape index (κ1) is 22.7. The van der Waals surface area contributed by atoms with Crippen molar-refractivity contribution in [2.24, 2.45) is 5.16 Å². The van der Waals surface area contributed by atoms with E-state index < -0.39 is 31.1 Å². The summed E-state index contributed by atoms with van der Waals surface area (Å²) in [6, 6.07) is 8.37. The number of hydrogen-bond donors (Lipinski definition) is 4. The number of aliphatic hydroxyl groups is 3. The minimum Gasteiger partial charge on any atom is -0.386 e. The summed E-state index contributed by atoms with van der Waals surface area (Å²) in [6.07, 6.45) is -2.94. The summed E-state index contributed by atoms with van der Waals surface area (Å²) in [5, 5.41) is 48.4. The van der Waals surface area contributed by atoms with Crippen LogP contribution in [0.5, 0.6) is 0 Å². The van der Waals surface area contributed by atoms with Crippen LogP contribution in [0.2, 0.25) is 0 Å². The Bertz CT molecular complexity index is 1040. The van der Waals surface area contributed by atoms with Crippen molar-refractivity contribution < 1.29 is 29.3 Å².